The van der Waals surface area contributed by atoms with Crippen molar-refractivity contribution in [2.75, 3.05) is 67.7 Å². The van der Waals surface area contributed by atoms with Gasteiger partial charge in [-0.3, -0.25) is 0 Å². The van der Waals surface area contributed by atoms with Crippen molar-refractivity contribution in [3.63, 3.8) is 0 Å². The Labute approximate surface area is 157 Å². The molecule has 1 N–H and O–H groups in total. The fourth-order valence-electron chi connectivity index (χ4n) is 2.90. The maximum Gasteiger partial charge on any atom is 0.233 e. The molecule has 1 aromatic heterocycles. The quantitative estimate of drug-likeness (QED) is 0.867. The maximum absolute atomic E-state index is 6.26. The van der Waals surface area contributed by atoms with Gasteiger partial charge in [0.1, 0.15) is 0 Å². The number of hydrogen-bond donors (Lipinski definition) is 1. The number of nitrogens with zero attached hydrogens (tertiary/aromatic N) is 5. The van der Waals surface area contributed by atoms with E-state index >= 15 is 0 Å². The van der Waals surface area contributed by atoms with E-state index in [1.54, 1.807) is 0 Å². The molecule has 3 heterocycles. The van der Waals surface area contributed by atoms with Crippen molar-refractivity contribution >= 4 is 35.1 Å². The van der Waals surface area contributed by atoms with Crippen LogP contribution in [0.5, 0.6) is 0 Å². The number of rotatable bonds is 4. The minimum atomic E-state index is 0.482. The summed E-state index contributed by atoms with van der Waals surface area (Å²) in [5.41, 5.74) is 0.765. The Hall–Kier alpha value is -2.16. The predicted molar refractivity (Wildman–Crippen MR) is 101 cm³/mol. The van der Waals surface area contributed by atoms with Gasteiger partial charge in [0.25, 0.3) is 0 Å². The van der Waals surface area contributed by atoms with Gasteiger partial charge in [-0.2, -0.15) is 15.0 Å². The van der Waals surface area contributed by atoms with Crippen LogP contribution in [-0.4, -0.2) is 67.6 Å². The topological polar surface area (TPSA) is 75.6 Å². The van der Waals surface area contributed by atoms with E-state index in [1.807, 2.05) is 24.3 Å². The Morgan fingerprint density at radius 3 is 1.88 bits per heavy atom. The summed E-state index contributed by atoms with van der Waals surface area (Å²) in [4.78, 5) is 18.1. The Morgan fingerprint density at radius 1 is 0.808 bits per heavy atom. The van der Waals surface area contributed by atoms with Gasteiger partial charge >= 0.3 is 0 Å². The fraction of sp³-hybridized carbons (Fsp3) is 0.471. The maximum atomic E-state index is 6.26. The highest BCUT2D eigenvalue weighted by Crippen LogP contribution is 2.25. The minimum Gasteiger partial charge on any atom is -0.378 e. The third-order valence-corrected chi connectivity index (χ3v) is 4.65. The molecule has 0 bridgehead atoms. The van der Waals surface area contributed by atoms with Crippen molar-refractivity contribution in [3.8, 4) is 0 Å². The third kappa shape index (κ3) is 3.98. The molecule has 0 spiro atoms. The number of benzene rings is 1. The van der Waals surface area contributed by atoms with E-state index < -0.39 is 0 Å². The molecule has 26 heavy (non-hydrogen) atoms. The summed E-state index contributed by atoms with van der Waals surface area (Å²) in [7, 11) is 0. The highest BCUT2D eigenvalue weighted by Gasteiger charge is 2.20. The van der Waals surface area contributed by atoms with Crippen molar-refractivity contribution in [2.45, 2.75) is 0 Å². The third-order valence-electron chi connectivity index (χ3n) is 4.32. The summed E-state index contributed by atoms with van der Waals surface area (Å²) < 4.78 is 10.9. The average Bonchev–Trinajstić information content (AvgIpc) is 2.71. The Morgan fingerprint density at radius 2 is 1.35 bits per heavy atom. The second-order valence-electron chi connectivity index (χ2n) is 6.06. The number of hydrogen-bond acceptors (Lipinski definition) is 8. The molecule has 138 valence electrons. The molecule has 2 aliphatic rings. The SMILES string of the molecule is Clc1ccccc1Nc1nc(N2CCOCC2)nc(N2CCOCC2)n1. The number of anilines is 4. The molecule has 1 aromatic carbocycles. The molecule has 0 atom stereocenters. The molecule has 0 saturated carbocycles. The van der Waals surface area contributed by atoms with Gasteiger partial charge in [0.15, 0.2) is 0 Å². The summed E-state index contributed by atoms with van der Waals surface area (Å²) in [5.74, 6) is 1.79. The molecule has 2 fully saturated rings. The summed E-state index contributed by atoms with van der Waals surface area (Å²) in [5, 5.41) is 3.84. The fourth-order valence-corrected chi connectivity index (χ4v) is 3.09. The van der Waals surface area contributed by atoms with Gasteiger partial charge in [0.2, 0.25) is 17.8 Å². The van der Waals surface area contributed by atoms with Crippen LogP contribution in [0.15, 0.2) is 24.3 Å². The number of aromatic nitrogens is 3. The van der Waals surface area contributed by atoms with Crippen LogP contribution < -0.4 is 15.1 Å². The second kappa shape index (κ2) is 8.03. The van der Waals surface area contributed by atoms with Crippen LogP contribution in [-0.2, 0) is 9.47 Å². The van der Waals surface area contributed by atoms with Crippen molar-refractivity contribution < 1.29 is 9.47 Å². The van der Waals surface area contributed by atoms with Gasteiger partial charge in [-0.25, -0.2) is 0 Å². The van der Waals surface area contributed by atoms with Gasteiger partial charge in [-0.1, -0.05) is 23.7 Å². The number of ether oxygens (including phenoxy) is 2. The lowest BCUT2D eigenvalue weighted by atomic mass is 10.3. The molecule has 4 rings (SSSR count). The molecular weight excluding hydrogens is 356 g/mol. The van der Waals surface area contributed by atoms with Crippen LogP contribution in [0.3, 0.4) is 0 Å². The summed E-state index contributed by atoms with van der Waals surface area (Å²) in [6.45, 7) is 5.74. The highest BCUT2D eigenvalue weighted by atomic mass is 35.5. The molecule has 0 radical (unpaired) electrons. The van der Waals surface area contributed by atoms with E-state index in [2.05, 4.69) is 25.1 Å². The zero-order chi connectivity index (χ0) is 17.8. The lowest BCUT2D eigenvalue weighted by molar-refractivity contribution is 0.121. The van der Waals surface area contributed by atoms with Crippen molar-refractivity contribution in [2.24, 2.45) is 0 Å². The van der Waals surface area contributed by atoms with Crippen LogP contribution in [0.4, 0.5) is 23.5 Å². The lowest BCUT2D eigenvalue weighted by Gasteiger charge is -2.30. The molecule has 0 aliphatic carbocycles. The smallest absolute Gasteiger partial charge is 0.233 e. The monoisotopic (exact) mass is 376 g/mol. The van der Waals surface area contributed by atoms with Crippen LogP contribution in [0, 0.1) is 0 Å². The summed E-state index contributed by atoms with van der Waals surface area (Å²) in [6.07, 6.45) is 0. The van der Waals surface area contributed by atoms with Gasteiger partial charge in [-0.05, 0) is 12.1 Å². The molecule has 2 saturated heterocycles. The first-order valence-electron chi connectivity index (χ1n) is 8.72. The first kappa shape index (κ1) is 17.3. The lowest BCUT2D eigenvalue weighted by Crippen LogP contribution is -2.40. The first-order valence-corrected chi connectivity index (χ1v) is 9.10. The van der Waals surface area contributed by atoms with Crippen LogP contribution in [0.2, 0.25) is 5.02 Å². The zero-order valence-electron chi connectivity index (χ0n) is 14.4. The van der Waals surface area contributed by atoms with Crippen LogP contribution in [0.25, 0.3) is 0 Å². The Bertz CT molecular complexity index is 714. The number of halogens is 1. The van der Waals surface area contributed by atoms with Gasteiger partial charge in [0, 0.05) is 26.2 Å². The normalized spacial score (nSPS) is 18.0. The van der Waals surface area contributed by atoms with E-state index in [0.29, 0.717) is 49.3 Å². The van der Waals surface area contributed by atoms with Gasteiger partial charge in [0.05, 0.1) is 37.1 Å². The van der Waals surface area contributed by atoms with Crippen molar-refractivity contribution in [3.05, 3.63) is 29.3 Å². The van der Waals surface area contributed by atoms with Crippen LogP contribution in [0.1, 0.15) is 0 Å². The molecule has 8 nitrogen and oxygen atoms in total. The number of morpholine rings is 2. The molecule has 0 unspecified atom stereocenters. The molecule has 9 heteroatoms. The standard InChI is InChI=1S/C17H21ClN6O2/c18-13-3-1-2-4-14(13)19-15-20-16(23-5-9-25-10-6-23)22-17(21-15)24-7-11-26-12-8-24/h1-4H,5-12H2,(H,19,20,21,22). The predicted octanol–water partition coefficient (Wildman–Crippen LogP) is 1.94. The number of para-hydroxylation sites is 1. The van der Waals surface area contributed by atoms with Crippen LogP contribution >= 0.6 is 11.6 Å². The Kier molecular flexibility index (Phi) is 5.33. The highest BCUT2D eigenvalue weighted by molar-refractivity contribution is 6.33. The van der Waals surface area contributed by atoms with Gasteiger partial charge in [-0.15, -0.1) is 0 Å². The molecule has 2 aliphatic heterocycles. The van der Waals surface area contributed by atoms with E-state index in [4.69, 9.17) is 26.1 Å². The number of nitrogens with one attached hydrogen (secondary N) is 1. The molecular formula is C17H21ClN6O2. The summed E-state index contributed by atoms with van der Waals surface area (Å²) in [6, 6.07) is 7.53. The first-order chi connectivity index (χ1) is 12.8. The van der Waals surface area contributed by atoms with E-state index in [1.165, 1.54) is 0 Å². The second-order valence-corrected chi connectivity index (χ2v) is 6.47. The summed E-state index contributed by atoms with van der Waals surface area (Å²) >= 11 is 6.26. The zero-order valence-corrected chi connectivity index (χ0v) is 15.2. The van der Waals surface area contributed by atoms with E-state index in [9.17, 15) is 0 Å². The largest absolute Gasteiger partial charge is 0.378 e. The minimum absolute atomic E-state index is 0.482. The average molecular weight is 377 g/mol. The molecule has 0 amide bonds. The van der Waals surface area contributed by atoms with Crippen molar-refractivity contribution in [1.82, 2.24) is 15.0 Å². The Balaban J connectivity index is 1.66. The van der Waals surface area contributed by atoms with E-state index in [0.717, 1.165) is 31.9 Å². The van der Waals surface area contributed by atoms with E-state index in [-0.39, 0.29) is 0 Å². The van der Waals surface area contributed by atoms with Gasteiger partial charge < -0.3 is 24.6 Å². The van der Waals surface area contributed by atoms with Crippen molar-refractivity contribution in [1.29, 1.82) is 0 Å². The molecule has 2 aromatic rings.